The van der Waals surface area contributed by atoms with E-state index in [1.54, 1.807) is 12.1 Å². The van der Waals surface area contributed by atoms with E-state index in [0.717, 1.165) is 35.6 Å². The summed E-state index contributed by atoms with van der Waals surface area (Å²) in [7, 11) is -1.74. The monoisotopic (exact) mass is 353 g/mol. The van der Waals surface area contributed by atoms with E-state index in [2.05, 4.69) is 9.71 Å². The largest absolute Gasteiger partial charge is 0.476 e. The second kappa shape index (κ2) is 5.91. The molecule has 2 N–H and O–H groups in total. The molecule has 9 heteroatoms. The number of hydrogen-bond acceptors (Lipinski definition) is 6. The number of anilines is 1. The standard InChI is InChI=1S/C14H15N3O4S2/c1-17-5-4-9-2-3-10(6-12(9)17)23(20,21)15-7-13-16-11(8-22-13)14(18)19/h2-3,6,8,15H,4-5,7H2,1H3,(H,18,19). The van der Waals surface area contributed by atoms with Gasteiger partial charge >= 0.3 is 5.97 Å². The van der Waals surface area contributed by atoms with E-state index in [9.17, 15) is 13.2 Å². The minimum atomic E-state index is -3.67. The zero-order chi connectivity index (χ0) is 16.6. The van der Waals surface area contributed by atoms with Gasteiger partial charge in [-0.05, 0) is 24.1 Å². The highest BCUT2D eigenvalue weighted by atomic mass is 32.2. The average Bonchev–Trinajstić information content (AvgIpc) is 3.12. The third-order valence-corrected chi connectivity index (χ3v) is 5.93. The second-order valence-electron chi connectivity index (χ2n) is 5.22. The fourth-order valence-corrected chi connectivity index (χ4v) is 4.22. The molecule has 122 valence electrons. The third kappa shape index (κ3) is 3.21. The number of nitrogens with zero attached hydrogens (tertiary/aromatic N) is 2. The molecule has 1 aromatic heterocycles. The van der Waals surface area contributed by atoms with Crippen LogP contribution in [0.3, 0.4) is 0 Å². The molecule has 0 fully saturated rings. The van der Waals surface area contributed by atoms with Gasteiger partial charge in [0.1, 0.15) is 5.01 Å². The zero-order valence-electron chi connectivity index (χ0n) is 12.3. The van der Waals surface area contributed by atoms with E-state index in [-0.39, 0.29) is 17.1 Å². The molecule has 0 spiro atoms. The molecule has 0 amide bonds. The normalized spacial score (nSPS) is 14.0. The SMILES string of the molecule is CN1CCc2ccc(S(=O)(=O)NCc3nc(C(=O)O)cs3)cc21. The van der Waals surface area contributed by atoms with Gasteiger partial charge in [0.25, 0.3) is 0 Å². The van der Waals surface area contributed by atoms with Crippen LogP contribution in [0.25, 0.3) is 0 Å². The molecular formula is C14H15N3O4S2. The van der Waals surface area contributed by atoms with E-state index in [1.165, 1.54) is 5.38 Å². The number of benzene rings is 1. The number of nitrogens with one attached hydrogen (secondary N) is 1. The van der Waals surface area contributed by atoms with Crippen molar-refractivity contribution in [2.24, 2.45) is 0 Å². The molecule has 2 heterocycles. The molecule has 0 radical (unpaired) electrons. The van der Waals surface area contributed by atoms with Crippen LogP contribution in [0.5, 0.6) is 0 Å². The summed E-state index contributed by atoms with van der Waals surface area (Å²) in [5.74, 6) is -1.13. The van der Waals surface area contributed by atoms with Crippen LogP contribution in [0.1, 0.15) is 21.1 Å². The first-order valence-electron chi connectivity index (χ1n) is 6.88. The molecule has 0 unspecified atom stereocenters. The molecule has 1 aliphatic heterocycles. The lowest BCUT2D eigenvalue weighted by Gasteiger charge is -2.13. The zero-order valence-corrected chi connectivity index (χ0v) is 13.9. The van der Waals surface area contributed by atoms with Crippen LogP contribution in [0.4, 0.5) is 5.69 Å². The number of rotatable bonds is 5. The Hall–Kier alpha value is -1.97. The number of aromatic carboxylic acids is 1. The summed E-state index contributed by atoms with van der Waals surface area (Å²) in [6.07, 6.45) is 0.913. The van der Waals surface area contributed by atoms with Crippen LogP contribution in [0, 0.1) is 0 Å². The van der Waals surface area contributed by atoms with Crippen molar-refractivity contribution in [1.29, 1.82) is 0 Å². The Morgan fingerprint density at radius 2 is 2.26 bits per heavy atom. The van der Waals surface area contributed by atoms with Crippen molar-refractivity contribution in [3.63, 3.8) is 0 Å². The van der Waals surface area contributed by atoms with Gasteiger partial charge in [-0.25, -0.2) is 22.9 Å². The molecular weight excluding hydrogens is 338 g/mol. The van der Waals surface area contributed by atoms with E-state index in [4.69, 9.17) is 5.11 Å². The fourth-order valence-electron chi connectivity index (χ4n) is 2.42. The maximum absolute atomic E-state index is 12.4. The quantitative estimate of drug-likeness (QED) is 0.841. The van der Waals surface area contributed by atoms with Crippen LogP contribution >= 0.6 is 11.3 Å². The Bertz CT molecular complexity index is 861. The summed E-state index contributed by atoms with van der Waals surface area (Å²) in [4.78, 5) is 16.9. The Balaban J connectivity index is 1.76. The number of carboxylic acids is 1. The van der Waals surface area contributed by atoms with Crippen molar-refractivity contribution in [1.82, 2.24) is 9.71 Å². The Kier molecular flexibility index (Phi) is 4.09. The van der Waals surface area contributed by atoms with Crippen molar-refractivity contribution >= 4 is 33.0 Å². The highest BCUT2D eigenvalue weighted by molar-refractivity contribution is 7.89. The van der Waals surface area contributed by atoms with Gasteiger partial charge in [0.05, 0.1) is 11.4 Å². The second-order valence-corrected chi connectivity index (χ2v) is 7.93. The molecule has 0 bridgehead atoms. The highest BCUT2D eigenvalue weighted by Crippen LogP contribution is 2.29. The number of fused-ring (bicyclic) bond motifs is 1. The number of carboxylic acid groups (broad SMARTS) is 1. The molecule has 0 atom stereocenters. The molecule has 1 aromatic carbocycles. The summed E-state index contributed by atoms with van der Waals surface area (Å²) in [5, 5.41) is 10.6. The van der Waals surface area contributed by atoms with Gasteiger partial charge in [-0.15, -0.1) is 11.3 Å². The lowest BCUT2D eigenvalue weighted by atomic mass is 10.2. The van der Waals surface area contributed by atoms with Crippen LogP contribution in [0.2, 0.25) is 0 Å². The van der Waals surface area contributed by atoms with Crippen molar-refractivity contribution in [2.75, 3.05) is 18.5 Å². The van der Waals surface area contributed by atoms with Crippen LogP contribution in [0.15, 0.2) is 28.5 Å². The summed E-state index contributed by atoms with van der Waals surface area (Å²) in [6, 6.07) is 5.08. The number of sulfonamides is 1. The molecule has 3 rings (SSSR count). The average molecular weight is 353 g/mol. The van der Waals surface area contributed by atoms with Gasteiger partial charge in [0.2, 0.25) is 10.0 Å². The summed E-state index contributed by atoms with van der Waals surface area (Å²) < 4.78 is 27.2. The van der Waals surface area contributed by atoms with Gasteiger partial charge < -0.3 is 10.0 Å². The Labute approximate surface area is 137 Å². The van der Waals surface area contributed by atoms with Gasteiger partial charge in [-0.1, -0.05) is 6.07 Å². The Morgan fingerprint density at radius 3 is 2.96 bits per heavy atom. The first kappa shape index (κ1) is 15.9. The fraction of sp³-hybridized carbons (Fsp3) is 0.286. The molecule has 0 aliphatic carbocycles. The van der Waals surface area contributed by atoms with Gasteiger partial charge in [-0.3, -0.25) is 0 Å². The van der Waals surface area contributed by atoms with Crippen molar-refractivity contribution < 1.29 is 18.3 Å². The lowest BCUT2D eigenvalue weighted by Crippen LogP contribution is -2.23. The van der Waals surface area contributed by atoms with E-state index >= 15 is 0 Å². The molecule has 2 aromatic rings. The van der Waals surface area contributed by atoms with Crippen molar-refractivity contribution in [2.45, 2.75) is 17.9 Å². The van der Waals surface area contributed by atoms with Gasteiger partial charge in [0, 0.05) is 24.7 Å². The number of carbonyl (C=O) groups is 1. The third-order valence-electron chi connectivity index (χ3n) is 3.68. The predicted octanol–water partition coefficient (Wildman–Crippen LogP) is 1.31. The number of thiazole rings is 1. The first-order chi connectivity index (χ1) is 10.9. The van der Waals surface area contributed by atoms with Gasteiger partial charge in [0.15, 0.2) is 5.69 Å². The van der Waals surface area contributed by atoms with E-state index < -0.39 is 16.0 Å². The smallest absolute Gasteiger partial charge is 0.355 e. The van der Waals surface area contributed by atoms with Crippen molar-refractivity contribution in [3.8, 4) is 0 Å². The number of hydrogen-bond donors (Lipinski definition) is 2. The van der Waals surface area contributed by atoms with Crippen molar-refractivity contribution in [3.05, 3.63) is 39.8 Å². The first-order valence-corrected chi connectivity index (χ1v) is 9.24. The van der Waals surface area contributed by atoms with Crippen LogP contribution in [-0.4, -0.2) is 38.1 Å². The van der Waals surface area contributed by atoms with Crippen LogP contribution < -0.4 is 9.62 Å². The summed E-state index contributed by atoms with van der Waals surface area (Å²) in [6.45, 7) is 0.844. The highest BCUT2D eigenvalue weighted by Gasteiger charge is 2.21. The van der Waals surface area contributed by atoms with E-state index in [1.807, 2.05) is 18.0 Å². The van der Waals surface area contributed by atoms with E-state index in [0.29, 0.717) is 5.01 Å². The molecule has 23 heavy (non-hydrogen) atoms. The molecule has 7 nitrogen and oxygen atoms in total. The molecule has 0 saturated heterocycles. The lowest BCUT2D eigenvalue weighted by molar-refractivity contribution is 0.0691. The minimum Gasteiger partial charge on any atom is -0.476 e. The number of likely N-dealkylation sites (N-methyl/N-ethyl adjacent to an activating group) is 1. The van der Waals surface area contributed by atoms with Gasteiger partial charge in [-0.2, -0.15) is 0 Å². The maximum Gasteiger partial charge on any atom is 0.355 e. The number of aromatic nitrogens is 1. The maximum atomic E-state index is 12.4. The molecule has 0 saturated carbocycles. The topological polar surface area (TPSA) is 99.6 Å². The minimum absolute atomic E-state index is 0.0345. The summed E-state index contributed by atoms with van der Waals surface area (Å²) in [5.41, 5.74) is 1.98. The molecule has 1 aliphatic rings. The Morgan fingerprint density at radius 1 is 1.48 bits per heavy atom. The van der Waals surface area contributed by atoms with Crippen LogP contribution in [-0.2, 0) is 23.0 Å². The summed E-state index contributed by atoms with van der Waals surface area (Å²) >= 11 is 1.11. The predicted molar refractivity (Wildman–Crippen MR) is 86.5 cm³/mol.